The first-order valence-electron chi connectivity index (χ1n) is 6.97. The number of carbonyl (C=O) groups excluding carboxylic acids is 1. The van der Waals surface area contributed by atoms with Crippen LogP contribution in [0.5, 0.6) is 0 Å². The van der Waals surface area contributed by atoms with Gasteiger partial charge in [-0.3, -0.25) is 4.79 Å². The highest BCUT2D eigenvalue weighted by Gasteiger charge is 2.10. The fourth-order valence-corrected chi connectivity index (χ4v) is 3.16. The molecule has 0 aliphatic heterocycles. The Morgan fingerprint density at radius 1 is 1.29 bits per heavy atom. The molecule has 2 rings (SSSR count). The van der Waals surface area contributed by atoms with E-state index in [0.717, 1.165) is 28.6 Å². The Labute approximate surface area is 134 Å². The summed E-state index contributed by atoms with van der Waals surface area (Å²) in [6.07, 6.45) is 0.797. The van der Waals surface area contributed by atoms with E-state index in [2.05, 4.69) is 10.6 Å². The van der Waals surface area contributed by atoms with Crippen molar-refractivity contribution in [3.63, 3.8) is 0 Å². The summed E-state index contributed by atoms with van der Waals surface area (Å²) in [7, 11) is 0. The molecule has 3 nitrogen and oxygen atoms in total. The average molecular weight is 323 g/mol. The van der Waals surface area contributed by atoms with Crippen LogP contribution >= 0.6 is 22.9 Å². The lowest BCUT2D eigenvalue weighted by molar-refractivity contribution is 0.0955. The van der Waals surface area contributed by atoms with E-state index < -0.39 is 0 Å². The van der Waals surface area contributed by atoms with Gasteiger partial charge < -0.3 is 10.6 Å². The molecule has 0 saturated heterocycles. The molecule has 1 amide bonds. The number of aryl methyl sites for hydroxylation is 1. The van der Waals surface area contributed by atoms with Crippen molar-refractivity contribution in [1.82, 2.24) is 5.32 Å². The number of carbonyl (C=O) groups is 1. The van der Waals surface area contributed by atoms with E-state index >= 15 is 0 Å². The lowest BCUT2D eigenvalue weighted by atomic mass is 10.1. The molecule has 0 atom stereocenters. The summed E-state index contributed by atoms with van der Waals surface area (Å²) in [5.41, 5.74) is 2.71. The lowest BCUT2D eigenvalue weighted by Gasteiger charge is -2.12. The van der Waals surface area contributed by atoms with Gasteiger partial charge in [-0.1, -0.05) is 17.7 Å². The average Bonchev–Trinajstić information content (AvgIpc) is 2.85. The molecule has 0 radical (unpaired) electrons. The molecule has 0 aliphatic rings. The number of rotatable bonds is 6. The predicted octanol–water partition coefficient (Wildman–Crippen LogP) is 4.11. The molecule has 0 spiro atoms. The second-order valence-electron chi connectivity index (χ2n) is 4.79. The predicted molar refractivity (Wildman–Crippen MR) is 90.7 cm³/mol. The molecular weight excluding hydrogens is 304 g/mol. The second kappa shape index (κ2) is 7.48. The van der Waals surface area contributed by atoms with Crippen LogP contribution in [0.4, 0.5) is 5.69 Å². The van der Waals surface area contributed by atoms with E-state index in [1.807, 2.05) is 44.2 Å². The molecule has 1 aromatic heterocycles. The highest BCUT2D eigenvalue weighted by atomic mass is 35.5. The van der Waals surface area contributed by atoms with Gasteiger partial charge in [0, 0.05) is 23.7 Å². The van der Waals surface area contributed by atoms with Crippen LogP contribution in [-0.4, -0.2) is 19.0 Å². The first-order chi connectivity index (χ1) is 10.1. The topological polar surface area (TPSA) is 41.1 Å². The van der Waals surface area contributed by atoms with Gasteiger partial charge in [0.2, 0.25) is 0 Å². The van der Waals surface area contributed by atoms with Gasteiger partial charge in [0.1, 0.15) is 0 Å². The largest absolute Gasteiger partial charge is 0.385 e. The normalized spacial score (nSPS) is 10.4. The van der Waals surface area contributed by atoms with Gasteiger partial charge in [0.25, 0.3) is 5.91 Å². The summed E-state index contributed by atoms with van der Waals surface area (Å²) in [4.78, 5) is 13.5. The Bertz CT molecular complexity index is 624. The molecule has 2 aromatic rings. The van der Waals surface area contributed by atoms with Crippen LogP contribution < -0.4 is 10.6 Å². The molecule has 0 aliphatic carbocycles. The van der Waals surface area contributed by atoms with Crippen LogP contribution in [-0.2, 0) is 6.42 Å². The zero-order valence-corrected chi connectivity index (χ0v) is 13.8. The standard InChI is InChI=1S/C16H19ClN2OS/c1-3-18-14-10-11(2)4-6-13(14)16(20)19-9-8-12-5-7-15(17)21-12/h4-7,10,18H,3,8-9H2,1-2H3,(H,19,20). The van der Waals surface area contributed by atoms with Gasteiger partial charge in [-0.2, -0.15) is 0 Å². The molecule has 0 fully saturated rings. The van der Waals surface area contributed by atoms with E-state index in [1.54, 1.807) is 11.3 Å². The highest BCUT2D eigenvalue weighted by molar-refractivity contribution is 7.16. The molecular formula is C16H19ClN2OS. The summed E-state index contributed by atoms with van der Waals surface area (Å²) >= 11 is 7.44. The van der Waals surface area contributed by atoms with Crippen LogP contribution in [0.2, 0.25) is 4.34 Å². The van der Waals surface area contributed by atoms with Crippen molar-refractivity contribution in [3.8, 4) is 0 Å². The van der Waals surface area contributed by atoms with Gasteiger partial charge in [-0.25, -0.2) is 0 Å². The van der Waals surface area contributed by atoms with Gasteiger partial charge in [0.15, 0.2) is 0 Å². The Hall–Kier alpha value is -1.52. The van der Waals surface area contributed by atoms with Gasteiger partial charge in [-0.15, -0.1) is 11.3 Å². The Morgan fingerprint density at radius 3 is 2.76 bits per heavy atom. The molecule has 0 saturated carbocycles. The lowest BCUT2D eigenvalue weighted by Crippen LogP contribution is -2.26. The van der Waals surface area contributed by atoms with Crippen LogP contribution in [0.1, 0.15) is 27.7 Å². The molecule has 1 heterocycles. The second-order valence-corrected chi connectivity index (χ2v) is 6.59. The van der Waals surface area contributed by atoms with E-state index in [1.165, 1.54) is 4.88 Å². The molecule has 2 N–H and O–H groups in total. The van der Waals surface area contributed by atoms with E-state index in [4.69, 9.17) is 11.6 Å². The number of benzene rings is 1. The fourth-order valence-electron chi connectivity index (χ4n) is 2.07. The number of hydrogen-bond donors (Lipinski definition) is 2. The van der Waals surface area contributed by atoms with Crippen molar-refractivity contribution in [2.75, 3.05) is 18.4 Å². The quantitative estimate of drug-likeness (QED) is 0.840. The summed E-state index contributed by atoms with van der Waals surface area (Å²) in [5.74, 6) is -0.0476. The summed E-state index contributed by atoms with van der Waals surface area (Å²) in [6.45, 7) is 5.43. The van der Waals surface area contributed by atoms with Gasteiger partial charge >= 0.3 is 0 Å². The minimum atomic E-state index is -0.0476. The Balaban J connectivity index is 1.96. The molecule has 21 heavy (non-hydrogen) atoms. The van der Waals surface area contributed by atoms with Crippen LogP contribution in [0.15, 0.2) is 30.3 Å². The third-order valence-electron chi connectivity index (χ3n) is 3.07. The van der Waals surface area contributed by atoms with Crippen LogP contribution in [0, 0.1) is 6.92 Å². The molecule has 0 bridgehead atoms. The number of anilines is 1. The summed E-state index contributed by atoms with van der Waals surface area (Å²) < 4.78 is 0.782. The third kappa shape index (κ3) is 4.48. The molecule has 5 heteroatoms. The minimum absolute atomic E-state index is 0.0476. The van der Waals surface area contributed by atoms with Gasteiger partial charge in [-0.05, 0) is 50.1 Å². The van der Waals surface area contributed by atoms with Crippen LogP contribution in [0.25, 0.3) is 0 Å². The molecule has 1 aromatic carbocycles. The first kappa shape index (κ1) is 15.9. The number of thiophene rings is 1. The van der Waals surface area contributed by atoms with Crippen molar-refractivity contribution >= 4 is 34.5 Å². The van der Waals surface area contributed by atoms with E-state index in [-0.39, 0.29) is 5.91 Å². The number of hydrogen-bond acceptors (Lipinski definition) is 3. The van der Waals surface area contributed by atoms with Crippen molar-refractivity contribution in [3.05, 3.63) is 50.7 Å². The smallest absolute Gasteiger partial charge is 0.253 e. The Kier molecular flexibility index (Phi) is 5.65. The van der Waals surface area contributed by atoms with Crippen LogP contribution in [0.3, 0.4) is 0 Å². The fraction of sp³-hybridized carbons (Fsp3) is 0.312. The highest BCUT2D eigenvalue weighted by Crippen LogP contribution is 2.21. The number of nitrogens with one attached hydrogen (secondary N) is 2. The van der Waals surface area contributed by atoms with E-state index in [0.29, 0.717) is 12.1 Å². The first-order valence-corrected chi connectivity index (χ1v) is 8.16. The maximum absolute atomic E-state index is 12.3. The number of halogens is 1. The maximum Gasteiger partial charge on any atom is 0.253 e. The monoisotopic (exact) mass is 322 g/mol. The summed E-state index contributed by atoms with van der Waals surface area (Å²) in [6, 6.07) is 9.69. The zero-order valence-electron chi connectivity index (χ0n) is 12.2. The van der Waals surface area contributed by atoms with Crippen molar-refractivity contribution in [1.29, 1.82) is 0 Å². The molecule has 0 unspecified atom stereocenters. The zero-order chi connectivity index (χ0) is 15.2. The van der Waals surface area contributed by atoms with Crippen molar-refractivity contribution < 1.29 is 4.79 Å². The van der Waals surface area contributed by atoms with Gasteiger partial charge in [0.05, 0.1) is 9.90 Å². The number of amides is 1. The van der Waals surface area contributed by atoms with Crippen molar-refractivity contribution in [2.24, 2.45) is 0 Å². The SMILES string of the molecule is CCNc1cc(C)ccc1C(=O)NCCc1ccc(Cl)s1. The maximum atomic E-state index is 12.3. The minimum Gasteiger partial charge on any atom is -0.385 e. The molecule has 112 valence electrons. The Morgan fingerprint density at radius 2 is 2.10 bits per heavy atom. The third-order valence-corrected chi connectivity index (χ3v) is 4.36. The van der Waals surface area contributed by atoms with E-state index in [9.17, 15) is 4.79 Å². The van der Waals surface area contributed by atoms with Crippen molar-refractivity contribution in [2.45, 2.75) is 20.3 Å². The summed E-state index contributed by atoms with van der Waals surface area (Å²) in [5, 5.41) is 6.19.